The Bertz CT molecular complexity index is 1280. The molecule has 4 rings (SSSR count). The molecule has 2 heterocycles. The first-order valence-corrected chi connectivity index (χ1v) is 9.01. The Kier molecular flexibility index (Phi) is 4.73. The third-order valence-electron chi connectivity index (χ3n) is 4.70. The molecule has 4 aromatic rings. The standard InChI is InChI=1S/C22H16N4O4/c23-19-18(22(28)24-15-6-2-1-3-7-15)17-8-4-5-13-25(17)20(19)21(27)14-9-11-16(12-10-14)26(29)30/h1-13H,23H2,(H,24,28). The number of ketones is 1. The van der Waals surface area contributed by atoms with Crippen LogP contribution in [-0.4, -0.2) is 21.0 Å². The van der Waals surface area contributed by atoms with Gasteiger partial charge in [-0.1, -0.05) is 24.3 Å². The molecule has 8 heteroatoms. The average molecular weight is 400 g/mol. The van der Waals surface area contributed by atoms with Crippen LogP contribution in [-0.2, 0) is 0 Å². The average Bonchev–Trinajstić information content (AvgIpc) is 3.05. The maximum atomic E-state index is 13.2. The lowest BCUT2D eigenvalue weighted by Gasteiger charge is -2.05. The van der Waals surface area contributed by atoms with Crippen molar-refractivity contribution in [3.05, 3.63) is 106 Å². The van der Waals surface area contributed by atoms with Crippen molar-refractivity contribution >= 4 is 34.3 Å². The van der Waals surface area contributed by atoms with Crippen molar-refractivity contribution < 1.29 is 14.5 Å². The van der Waals surface area contributed by atoms with E-state index in [2.05, 4.69) is 5.32 Å². The summed E-state index contributed by atoms with van der Waals surface area (Å²) in [6.07, 6.45) is 1.64. The molecule has 8 nitrogen and oxygen atoms in total. The number of rotatable bonds is 5. The van der Waals surface area contributed by atoms with Gasteiger partial charge in [0, 0.05) is 29.6 Å². The molecule has 0 spiro atoms. The number of nitrogens with one attached hydrogen (secondary N) is 1. The summed E-state index contributed by atoms with van der Waals surface area (Å²) < 4.78 is 1.55. The third kappa shape index (κ3) is 3.26. The summed E-state index contributed by atoms with van der Waals surface area (Å²) in [6, 6.07) is 19.3. The number of nitrogens with zero attached hydrogens (tertiary/aromatic N) is 2. The highest BCUT2D eigenvalue weighted by molar-refractivity contribution is 6.20. The SMILES string of the molecule is Nc1c(C(=O)Nc2ccccc2)c2ccccn2c1C(=O)c1ccc([N+](=O)[O-])cc1. The molecule has 148 valence electrons. The van der Waals surface area contributed by atoms with Crippen LogP contribution >= 0.6 is 0 Å². The van der Waals surface area contributed by atoms with Gasteiger partial charge in [0.25, 0.3) is 11.6 Å². The highest BCUT2D eigenvalue weighted by Crippen LogP contribution is 2.29. The molecule has 3 N–H and O–H groups in total. The summed E-state index contributed by atoms with van der Waals surface area (Å²) in [7, 11) is 0. The number of carbonyl (C=O) groups excluding carboxylic acids is 2. The summed E-state index contributed by atoms with van der Waals surface area (Å²) in [6.45, 7) is 0. The number of carbonyl (C=O) groups is 2. The van der Waals surface area contributed by atoms with Crippen LogP contribution in [0.4, 0.5) is 17.1 Å². The van der Waals surface area contributed by atoms with Crippen molar-refractivity contribution in [1.82, 2.24) is 4.40 Å². The number of nitrogens with two attached hydrogens (primary N) is 1. The number of aromatic nitrogens is 1. The molecule has 0 radical (unpaired) electrons. The van der Waals surface area contributed by atoms with Crippen molar-refractivity contribution in [2.45, 2.75) is 0 Å². The molecule has 0 saturated carbocycles. The molecular weight excluding hydrogens is 384 g/mol. The van der Waals surface area contributed by atoms with Gasteiger partial charge in [0.05, 0.1) is 21.7 Å². The first kappa shape index (κ1) is 18.9. The second-order valence-electron chi connectivity index (χ2n) is 6.55. The minimum atomic E-state index is -0.540. The van der Waals surface area contributed by atoms with Gasteiger partial charge in [0.15, 0.2) is 0 Å². The van der Waals surface area contributed by atoms with Gasteiger partial charge in [-0.05, 0) is 36.4 Å². The number of benzene rings is 2. The Hall–Kier alpha value is -4.46. The van der Waals surface area contributed by atoms with E-state index in [-0.39, 0.29) is 28.2 Å². The van der Waals surface area contributed by atoms with Crippen LogP contribution in [0.3, 0.4) is 0 Å². The molecule has 0 aliphatic carbocycles. The van der Waals surface area contributed by atoms with E-state index < -0.39 is 16.6 Å². The van der Waals surface area contributed by atoms with Crippen molar-refractivity contribution in [1.29, 1.82) is 0 Å². The Morgan fingerprint density at radius 1 is 0.933 bits per heavy atom. The van der Waals surface area contributed by atoms with Gasteiger partial charge in [-0.25, -0.2) is 0 Å². The number of amides is 1. The van der Waals surface area contributed by atoms with Gasteiger partial charge >= 0.3 is 0 Å². The second-order valence-corrected chi connectivity index (χ2v) is 6.55. The molecule has 0 aliphatic heterocycles. The van der Waals surface area contributed by atoms with E-state index in [1.165, 1.54) is 24.3 Å². The van der Waals surface area contributed by atoms with Gasteiger partial charge in [-0.3, -0.25) is 19.7 Å². The van der Waals surface area contributed by atoms with E-state index in [1.807, 2.05) is 6.07 Å². The van der Waals surface area contributed by atoms with E-state index in [0.717, 1.165) is 0 Å². The van der Waals surface area contributed by atoms with Gasteiger partial charge in [0.1, 0.15) is 5.69 Å². The highest BCUT2D eigenvalue weighted by Gasteiger charge is 2.26. The van der Waals surface area contributed by atoms with Gasteiger partial charge < -0.3 is 15.5 Å². The highest BCUT2D eigenvalue weighted by atomic mass is 16.6. The van der Waals surface area contributed by atoms with Crippen molar-refractivity contribution in [2.24, 2.45) is 0 Å². The van der Waals surface area contributed by atoms with Crippen LogP contribution < -0.4 is 11.1 Å². The molecule has 2 aromatic carbocycles. The normalized spacial score (nSPS) is 10.7. The minimum absolute atomic E-state index is 0.0398. The number of non-ortho nitro benzene ring substituents is 1. The number of para-hydroxylation sites is 1. The molecule has 0 aliphatic rings. The van der Waals surface area contributed by atoms with Crippen LogP contribution in [0.25, 0.3) is 5.52 Å². The number of anilines is 2. The Morgan fingerprint density at radius 2 is 1.60 bits per heavy atom. The van der Waals surface area contributed by atoms with Crippen molar-refractivity contribution in [3.8, 4) is 0 Å². The van der Waals surface area contributed by atoms with Crippen LogP contribution in [0.15, 0.2) is 79.0 Å². The van der Waals surface area contributed by atoms with Crippen LogP contribution in [0.2, 0.25) is 0 Å². The van der Waals surface area contributed by atoms with E-state index in [9.17, 15) is 19.7 Å². The van der Waals surface area contributed by atoms with E-state index in [4.69, 9.17) is 5.73 Å². The van der Waals surface area contributed by atoms with E-state index >= 15 is 0 Å². The van der Waals surface area contributed by atoms with E-state index in [1.54, 1.807) is 53.1 Å². The Balaban J connectivity index is 1.79. The zero-order valence-corrected chi connectivity index (χ0v) is 15.6. The molecular formula is C22H16N4O4. The second kappa shape index (κ2) is 7.51. The number of nitrogen functional groups attached to an aromatic ring is 1. The smallest absolute Gasteiger partial charge is 0.269 e. The maximum absolute atomic E-state index is 13.2. The molecule has 0 fully saturated rings. The van der Waals surface area contributed by atoms with Gasteiger partial charge in [0.2, 0.25) is 5.78 Å². The minimum Gasteiger partial charge on any atom is -0.396 e. The lowest BCUT2D eigenvalue weighted by molar-refractivity contribution is -0.384. The summed E-state index contributed by atoms with van der Waals surface area (Å²) in [5.41, 5.74) is 7.81. The fraction of sp³-hybridized carbons (Fsp3) is 0. The lowest BCUT2D eigenvalue weighted by atomic mass is 10.1. The van der Waals surface area contributed by atoms with Crippen LogP contribution in [0, 0.1) is 10.1 Å². The predicted molar refractivity (Wildman–Crippen MR) is 113 cm³/mol. The van der Waals surface area contributed by atoms with Crippen molar-refractivity contribution in [2.75, 3.05) is 11.1 Å². The van der Waals surface area contributed by atoms with Crippen LogP contribution in [0.1, 0.15) is 26.4 Å². The number of fused-ring (bicyclic) bond motifs is 1. The summed E-state index contributed by atoms with van der Waals surface area (Å²) in [5.74, 6) is -0.882. The molecule has 30 heavy (non-hydrogen) atoms. The molecule has 0 bridgehead atoms. The first-order chi connectivity index (χ1) is 14.5. The number of hydrogen-bond donors (Lipinski definition) is 2. The van der Waals surface area contributed by atoms with Gasteiger partial charge in [-0.2, -0.15) is 0 Å². The quantitative estimate of drug-likeness (QED) is 0.299. The Labute approximate surface area is 170 Å². The number of nitro benzene ring substituents is 1. The molecule has 0 atom stereocenters. The van der Waals surface area contributed by atoms with E-state index in [0.29, 0.717) is 11.2 Å². The van der Waals surface area contributed by atoms with Gasteiger partial charge in [-0.15, -0.1) is 0 Å². The fourth-order valence-electron chi connectivity index (χ4n) is 3.28. The van der Waals surface area contributed by atoms with Crippen molar-refractivity contribution in [3.63, 3.8) is 0 Å². The zero-order chi connectivity index (χ0) is 21.3. The summed E-state index contributed by atoms with van der Waals surface area (Å²) in [5, 5.41) is 13.6. The molecule has 1 amide bonds. The fourth-order valence-corrected chi connectivity index (χ4v) is 3.28. The Morgan fingerprint density at radius 3 is 2.27 bits per heavy atom. The molecule has 0 saturated heterocycles. The predicted octanol–water partition coefficient (Wildman–Crippen LogP) is 3.91. The first-order valence-electron chi connectivity index (χ1n) is 9.01. The topological polar surface area (TPSA) is 120 Å². The number of pyridine rings is 1. The third-order valence-corrected chi connectivity index (χ3v) is 4.70. The largest absolute Gasteiger partial charge is 0.396 e. The lowest BCUT2D eigenvalue weighted by Crippen LogP contribution is -2.14. The molecule has 0 unspecified atom stereocenters. The zero-order valence-electron chi connectivity index (χ0n) is 15.6. The van der Waals surface area contributed by atoms with Crippen LogP contribution in [0.5, 0.6) is 0 Å². The maximum Gasteiger partial charge on any atom is 0.269 e. The molecule has 2 aromatic heterocycles. The summed E-state index contributed by atoms with van der Waals surface area (Å²) in [4.78, 5) is 36.4. The number of nitro groups is 1. The summed E-state index contributed by atoms with van der Waals surface area (Å²) >= 11 is 0. The monoisotopic (exact) mass is 400 g/mol. The number of hydrogen-bond acceptors (Lipinski definition) is 5.